The van der Waals surface area contributed by atoms with Crippen LogP contribution >= 0.6 is 11.6 Å². The van der Waals surface area contributed by atoms with Gasteiger partial charge in [0.25, 0.3) is 11.4 Å². The molecule has 12 heteroatoms. The SMILES string of the molecule is COCCC(C(=O)O)n1cc(OC)c(-c2cc(Cl)ccc2-c2nnc(C(F)F)o2)cc1=O. The molecule has 0 saturated carbocycles. The smallest absolute Gasteiger partial charge is 0.326 e. The molecule has 0 amide bonds. The summed E-state index contributed by atoms with van der Waals surface area (Å²) in [6, 6.07) is 4.43. The first-order valence-electron chi connectivity index (χ1n) is 9.20. The quantitative estimate of drug-likeness (QED) is 0.502. The van der Waals surface area contributed by atoms with Gasteiger partial charge in [0.1, 0.15) is 11.8 Å². The molecule has 2 heterocycles. The van der Waals surface area contributed by atoms with Crippen molar-refractivity contribution < 1.29 is 32.6 Å². The van der Waals surface area contributed by atoms with E-state index in [0.29, 0.717) is 5.56 Å². The van der Waals surface area contributed by atoms with Crippen LogP contribution in [-0.4, -0.2) is 46.7 Å². The molecule has 1 atom stereocenters. The molecule has 3 aromatic rings. The molecular formula is C20H18ClF2N3O6. The first-order valence-corrected chi connectivity index (χ1v) is 9.58. The second kappa shape index (κ2) is 9.88. The van der Waals surface area contributed by atoms with Crippen LogP contribution in [0.15, 0.2) is 39.7 Å². The van der Waals surface area contributed by atoms with E-state index >= 15 is 0 Å². The molecule has 0 fully saturated rings. The number of alkyl halides is 2. The second-order valence-corrected chi connectivity index (χ2v) is 7.01. The van der Waals surface area contributed by atoms with Crippen molar-refractivity contribution in [2.75, 3.05) is 20.8 Å². The van der Waals surface area contributed by atoms with Gasteiger partial charge >= 0.3 is 12.4 Å². The molecule has 0 aliphatic heterocycles. The van der Waals surface area contributed by atoms with Gasteiger partial charge in [0.05, 0.1) is 13.3 Å². The van der Waals surface area contributed by atoms with Gasteiger partial charge in [0.15, 0.2) is 0 Å². The molecule has 1 aromatic carbocycles. The Balaban J connectivity index is 2.18. The molecule has 0 bridgehead atoms. The standard InChI is InChI=1S/C20H18ClF2N3O6/c1-30-6-5-14(20(28)29)26-9-15(31-2)13(8-16(26)27)12-7-10(21)3-4-11(12)18-24-25-19(32-18)17(22)23/h3-4,7-9,14,17H,5-6H2,1-2H3,(H,28,29). The fourth-order valence-electron chi connectivity index (χ4n) is 3.11. The molecule has 0 aliphatic carbocycles. The Morgan fingerprint density at radius 2 is 1.97 bits per heavy atom. The largest absolute Gasteiger partial charge is 0.495 e. The van der Waals surface area contributed by atoms with Crippen LogP contribution < -0.4 is 10.3 Å². The lowest BCUT2D eigenvalue weighted by molar-refractivity contribution is -0.141. The fourth-order valence-corrected chi connectivity index (χ4v) is 3.29. The van der Waals surface area contributed by atoms with Gasteiger partial charge in [0.2, 0.25) is 5.89 Å². The Bertz CT molecular complexity index is 1180. The number of rotatable bonds is 9. The van der Waals surface area contributed by atoms with Gasteiger partial charge in [-0.05, 0) is 23.8 Å². The first kappa shape index (κ1) is 23.4. The first-order chi connectivity index (χ1) is 15.3. The third-order valence-corrected chi connectivity index (χ3v) is 4.84. The van der Waals surface area contributed by atoms with Gasteiger partial charge in [-0.3, -0.25) is 9.36 Å². The second-order valence-electron chi connectivity index (χ2n) is 6.57. The van der Waals surface area contributed by atoms with Crippen molar-refractivity contribution in [1.82, 2.24) is 14.8 Å². The van der Waals surface area contributed by atoms with E-state index in [9.17, 15) is 23.5 Å². The molecule has 9 nitrogen and oxygen atoms in total. The maximum absolute atomic E-state index is 12.9. The lowest BCUT2D eigenvalue weighted by Crippen LogP contribution is -2.30. The van der Waals surface area contributed by atoms with Crippen LogP contribution in [-0.2, 0) is 9.53 Å². The third kappa shape index (κ3) is 4.78. The number of halogens is 3. The number of carboxylic acid groups (broad SMARTS) is 1. The third-order valence-electron chi connectivity index (χ3n) is 4.61. The van der Waals surface area contributed by atoms with Crippen LogP contribution in [0.3, 0.4) is 0 Å². The van der Waals surface area contributed by atoms with Crippen molar-refractivity contribution in [2.45, 2.75) is 18.9 Å². The zero-order valence-corrected chi connectivity index (χ0v) is 17.7. The number of carbonyl (C=O) groups is 1. The van der Waals surface area contributed by atoms with Crippen molar-refractivity contribution in [3.8, 4) is 28.3 Å². The van der Waals surface area contributed by atoms with Gasteiger partial charge in [-0.2, -0.15) is 8.78 Å². The van der Waals surface area contributed by atoms with E-state index in [0.717, 1.165) is 4.57 Å². The highest BCUT2D eigenvalue weighted by atomic mass is 35.5. The number of benzene rings is 1. The van der Waals surface area contributed by atoms with Crippen LogP contribution in [0.4, 0.5) is 8.78 Å². The van der Waals surface area contributed by atoms with E-state index in [1.807, 2.05) is 0 Å². The lowest BCUT2D eigenvalue weighted by Gasteiger charge is -2.18. The van der Waals surface area contributed by atoms with Crippen LogP contribution in [0.2, 0.25) is 5.02 Å². The van der Waals surface area contributed by atoms with Gasteiger partial charge in [-0.25, -0.2) is 4.79 Å². The minimum Gasteiger partial charge on any atom is -0.495 e. The van der Waals surface area contributed by atoms with E-state index in [1.165, 1.54) is 44.7 Å². The highest BCUT2D eigenvalue weighted by molar-refractivity contribution is 6.31. The average molecular weight is 470 g/mol. The normalized spacial score (nSPS) is 12.2. The number of hydrogen-bond donors (Lipinski definition) is 1. The Hall–Kier alpha value is -3.31. The van der Waals surface area contributed by atoms with E-state index in [2.05, 4.69) is 10.2 Å². The van der Waals surface area contributed by atoms with Gasteiger partial charge in [0, 0.05) is 42.4 Å². The van der Waals surface area contributed by atoms with Gasteiger partial charge < -0.3 is 19.0 Å². The summed E-state index contributed by atoms with van der Waals surface area (Å²) in [6.45, 7) is 0.121. The lowest BCUT2D eigenvalue weighted by atomic mass is 9.99. The molecule has 3 rings (SSSR count). The molecule has 2 aromatic heterocycles. The van der Waals surface area contributed by atoms with Gasteiger partial charge in [-0.15, -0.1) is 10.2 Å². The average Bonchev–Trinajstić information content (AvgIpc) is 3.25. The van der Waals surface area contributed by atoms with Crippen LogP contribution in [0.5, 0.6) is 5.75 Å². The molecule has 0 aliphatic rings. The van der Waals surface area contributed by atoms with Crippen molar-refractivity contribution in [3.05, 3.63) is 51.7 Å². The number of hydrogen-bond acceptors (Lipinski definition) is 7. The molecule has 1 unspecified atom stereocenters. The molecule has 170 valence electrons. The summed E-state index contributed by atoms with van der Waals surface area (Å²) in [6.07, 6.45) is -1.64. The van der Waals surface area contributed by atoms with Crippen molar-refractivity contribution in [2.24, 2.45) is 0 Å². The predicted molar refractivity (Wildman–Crippen MR) is 109 cm³/mol. The van der Waals surface area contributed by atoms with E-state index in [-0.39, 0.29) is 40.8 Å². The van der Waals surface area contributed by atoms with Crippen molar-refractivity contribution >= 4 is 17.6 Å². The van der Waals surface area contributed by atoms with E-state index in [4.69, 9.17) is 25.5 Å². The number of aromatic nitrogens is 3. The highest BCUT2D eigenvalue weighted by Gasteiger charge is 2.25. The molecular weight excluding hydrogens is 452 g/mol. The number of nitrogens with zero attached hydrogens (tertiary/aromatic N) is 3. The summed E-state index contributed by atoms with van der Waals surface area (Å²) in [5.74, 6) is -2.13. The summed E-state index contributed by atoms with van der Waals surface area (Å²) in [4.78, 5) is 24.5. The number of aliphatic carboxylic acids is 1. The Labute approximate surface area is 185 Å². The van der Waals surface area contributed by atoms with Crippen LogP contribution in [0, 0.1) is 0 Å². The molecule has 1 N–H and O–H groups in total. The minimum atomic E-state index is -2.95. The zero-order chi connectivity index (χ0) is 23.4. The van der Waals surface area contributed by atoms with E-state index in [1.54, 1.807) is 0 Å². The Morgan fingerprint density at radius 1 is 1.22 bits per heavy atom. The van der Waals surface area contributed by atoms with Gasteiger partial charge in [-0.1, -0.05) is 11.6 Å². The maximum Gasteiger partial charge on any atom is 0.326 e. The predicted octanol–water partition coefficient (Wildman–Crippen LogP) is 3.83. The van der Waals surface area contributed by atoms with Crippen LogP contribution in [0.25, 0.3) is 22.6 Å². The molecule has 0 spiro atoms. The molecule has 0 radical (unpaired) electrons. The fraction of sp³-hybridized carbons (Fsp3) is 0.300. The summed E-state index contributed by atoms with van der Waals surface area (Å²) < 4.78 is 42.2. The number of pyridine rings is 1. The topological polar surface area (TPSA) is 117 Å². The molecule has 0 saturated heterocycles. The number of ether oxygens (including phenoxy) is 2. The Kier molecular flexibility index (Phi) is 7.21. The van der Waals surface area contributed by atoms with Crippen molar-refractivity contribution in [3.63, 3.8) is 0 Å². The zero-order valence-electron chi connectivity index (χ0n) is 16.9. The maximum atomic E-state index is 12.9. The summed E-state index contributed by atoms with van der Waals surface area (Å²) in [7, 11) is 2.76. The minimum absolute atomic E-state index is 0.0506. The van der Waals surface area contributed by atoms with E-state index < -0.39 is 29.9 Å². The molecule has 32 heavy (non-hydrogen) atoms. The van der Waals surface area contributed by atoms with Crippen LogP contribution in [0.1, 0.15) is 24.8 Å². The summed E-state index contributed by atoms with van der Waals surface area (Å²) in [5.41, 5.74) is 0.137. The summed E-state index contributed by atoms with van der Waals surface area (Å²) in [5, 5.41) is 16.8. The number of methoxy groups -OCH3 is 2. The Morgan fingerprint density at radius 3 is 2.56 bits per heavy atom. The highest BCUT2D eigenvalue weighted by Crippen LogP contribution is 2.38. The number of carboxylic acids is 1. The summed E-state index contributed by atoms with van der Waals surface area (Å²) >= 11 is 6.12. The monoisotopic (exact) mass is 469 g/mol. The van der Waals surface area contributed by atoms with Crippen molar-refractivity contribution in [1.29, 1.82) is 0 Å².